The normalized spacial score (nSPS) is 23.1. The zero-order valence-electron chi connectivity index (χ0n) is 11.4. The van der Waals surface area contributed by atoms with Crippen LogP contribution in [-0.4, -0.2) is 25.5 Å². The lowest BCUT2D eigenvalue weighted by Crippen LogP contribution is -2.44. The molecule has 1 amide bonds. The number of benzene rings is 1. The maximum absolute atomic E-state index is 12.4. The first-order valence-electron chi connectivity index (χ1n) is 6.73. The minimum absolute atomic E-state index is 0.0270. The Kier molecular flexibility index (Phi) is 4.02. The molecule has 0 spiro atoms. The largest absolute Gasteiger partial charge is 0.314 e. The molecule has 2 atom stereocenters. The van der Waals surface area contributed by atoms with Crippen molar-refractivity contribution in [2.45, 2.75) is 32.7 Å². The molecule has 98 valence electrons. The highest BCUT2D eigenvalue weighted by atomic mass is 16.2. The SMILES string of the molecule is CCc1ccc(N(C)C(=O)C2NCCC2C)cc1. The molecular weight excluding hydrogens is 224 g/mol. The van der Waals surface area contributed by atoms with Crippen molar-refractivity contribution in [1.29, 1.82) is 0 Å². The van der Waals surface area contributed by atoms with Crippen LogP contribution in [0.25, 0.3) is 0 Å². The van der Waals surface area contributed by atoms with Crippen LogP contribution in [0.3, 0.4) is 0 Å². The first-order chi connectivity index (χ1) is 8.63. The third-order valence-electron chi connectivity index (χ3n) is 3.86. The van der Waals surface area contributed by atoms with Gasteiger partial charge in [0.1, 0.15) is 0 Å². The summed E-state index contributed by atoms with van der Waals surface area (Å²) in [5.41, 5.74) is 2.27. The second kappa shape index (κ2) is 5.53. The summed E-state index contributed by atoms with van der Waals surface area (Å²) < 4.78 is 0. The van der Waals surface area contributed by atoms with E-state index in [9.17, 15) is 4.79 Å². The van der Waals surface area contributed by atoms with Crippen molar-refractivity contribution in [3.8, 4) is 0 Å². The van der Waals surface area contributed by atoms with Gasteiger partial charge in [-0.05, 0) is 43.0 Å². The van der Waals surface area contributed by atoms with Crippen molar-refractivity contribution < 1.29 is 4.79 Å². The number of aryl methyl sites for hydroxylation is 1. The van der Waals surface area contributed by atoms with Gasteiger partial charge in [-0.15, -0.1) is 0 Å². The molecule has 1 heterocycles. The summed E-state index contributed by atoms with van der Waals surface area (Å²) in [5.74, 6) is 0.596. The highest BCUT2D eigenvalue weighted by Crippen LogP contribution is 2.20. The maximum Gasteiger partial charge on any atom is 0.244 e. The Morgan fingerprint density at radius 2 is 2.06 bits per heavy atom. The third kappa shape index (κ3) is 2.56. The van der Waals surface area contributed by atoms with Crippen LogP contribution in [0.1, 0.15) is 25.8 Å². The van der Waals surface area contributed by atoms with Gasteiger partial charge in [0.2, 0.25) is 5.91 Å². The van der Waals surface area contributed by atoms with Crippen LogP contribution in [0.2, 0.25) is 0 Å². The minimum atomic E-state index is -0.0270. The quantitative estimate of drug-likeness (QED) is 0.887. The molecule has 0 saturated carbocycles. The van der Waals surface area contributed by atoms with Crippen molar-refractivity contribution in [1.82, 2.24) is 5.32 Å². The lowest BCUT2D eigenvalue weighted by Gasteiger charge is -2.23. The third-order valence-corrected chi connectivity index (χ3v) is 3.86. The second-order valence-electron chi connectivity index (χ2n) is 5.12. The summed E-state index contributed by atoms with van der Waals surface area (Å²) >= 11 is 0. The van der Waals surface area contributed by atoms with Gasteiger partial charge in [-0.3, -0.25) is 4.79 Å². The Balaban J connectivity index is 2.09. The molecule has 1 aliphatic heterocycles. The lowest BCUT2D eigenvalue weighted by atomic mass is 10.0. The molecular formula is C15H22N2O. The van der Waals surface area contributed by atoms with Gasteiger partial charge in [-0.25, -0.2) is 0 Å². The molecule has 1 fully saturated rings. The van der Waals surface area contributed by atoms with Crippen LogP contribution in [0.15, 0.2) is 24.3 Å². The van der Waals surface area contributed by atoms with Crippen molar-refractivity contribution in [2.75, 3.05) is 18.5 Å². The van der Waals surface area contributed by atoms with E-state index < -0.39 is 0 Å². The summed E-state index contributed by atoms with van der Waals surface area (Å²) in [6.07, 6.45) is 2.11. The number of anilines is 1. The minimum Gasteiger partial charge on any atom is -0.314 e. The first kappa shape index (κ1) is 13.1. The smallest absolute Gasteiger partial charge is 0.244 e. The number of hydrogen-bond acceptors (Lipinski definition) is 2. The van der Waals surface area contributed by atoms with Gasteiger partial charge in [-0.1, -0.05) is 26.0 Å². The first-order valence-corrected chi connectivity index (χ1v) is 6.73. The number of hydrogen-bond donors (Lipinski definition) is 1. The van der Waals surface area contributed by atoms with E-state index in [4.69, 9.17) is 0 Å². The molecule has 2 unspecified atom stereocenters. The van der Waals surface area contributed by atoms with Crippen LogP contribution >= 0.6 is 0 Å². The van der Waals surface area contributed by atoms with Gasteiger partial charge in [0.15, 0.2) is 0 Å². The highest BCUT2D eigenvalue weighted by molar-refractivity contribution is 5.97. The number of carbonyl (C=O) groups is 1. The molecule has 0 bridgehead atoms. The zero-order valence-corrected chi connectivity index (χ0v) is 11.4. The summed E-state index contributed by atoms with van der Waals surface area (Å²) in [4.78, 5) is 14.1. The van der Waals surface area contributed by atoms with Gasteiger partial charge in [0.25, 0.3) is 0 Å². The van der Waals surface area contributed by atoms with Crippen LogP contribution in [0.5, 0.6) is 0 Å². The fourth-order valence-corrected chi connectivity index (χ4v) is 2.46. The Morgan fingerprint density at radius 3 is 2.56 bits per heavy atom. The number of amides is 1. The van der Waals surface area contributed by atoms with E-state index in [-0.39, 0.29) is 11.9 Å². The zero-order chi connectivity index (χ0) is 13.1. The topological polar surface area (TPSA) is 32.3 Å². The van der Waals surface area contributed by atoms with Gasteiger partial charge in [-0.2, -0.15) is 0 Å². The van der Waals surface area contributed by atoms with Crippen molar-refractivity contribution >= 4 is 11.6 Å². The highest BCUT2D eigenvalue weighted by Gasteiger charge is 2.31. The monoisotopic (exact) mass is 246 g/mol. The van der Waals surface area contributed by atoms with Crippen molar-refractivity contribution in [3.63, 3.8) is 0 Å². The van der Waals surface area contributed by atoms with E-state index in [1.807, 2.05) is 19.2 Å². The molecule has 0 aromatic heterocycles. The van der Waals surface area contributed by atoms with Crippen LogP contribution in [-0.2, 0) is 11.2 Å². The van der Waals surface area contributed by atoms with E-state index in [2.05, 4.69) is 31.3 Å². The average molecular weight is 246 g/mol. The van der Waals surface area contributed by atoms with Crippen molar-refractivity contribution in [3.05, 3.63) is 29.8 Å². The Labute approximate surface area is 109 Å². The van der Waals surface area contributed by atoms with E-state index in [0.717, 1.165) is 25.1 Å². The van der Waals surface area contributed by atoms with E-state index >= 15 is 0 Å². The molecule has 1 N–H and O–H groups in total. The van der Waals surface area contributed by atoms with E-state index in [0.29, 0.717) is 5.92 Å². The average Bonchev–Trinajstić information content (AvgIpc) is 2.83. The Hall–Kier alpha value is -1.35. The number of carbonyl (C=O) groups excluding carboxylic acids is 1. The summed E-state index contributed by atoms with van der Waals surface area (Å²) in [5, 5.41) is 3.29. The molecule has 1 aliphatic rings. The fourth-order valence-electron chi connectivity index (χ4n) is 2.46. The molecule has 0 radical (unpaired) electrons. The van der Waals surface area contributed by atoms with Gasteiger partial charge < -0.3 is 10.2 Å². The summed E-state index contributed by atoms with van der Waals surface area (Å²) in [6, 6.07) is 8.20. The number of likely N-dealkylation sites (N-methyl/N-ethyl adjacent to an activating group) is 1. The molecule has 3 heteroatoms. The summed E-state index contributed by atoms with van der Waals surface area (Å²) in [6.45, 7) is 5.21. The molecule has 1 saturated heterocycles. The number of nitrogens with one attached hydrogen (secondary N) is 1. The molecule has 0 aliphatic carbocycles. The van der Waals surface area contributed by atoms with Crippen molar-refractivity contribution in [2.24, 2.45) is 5.92 Å². The second-order valence-corrected chi connectivity index (χ2v) is 5.12. The van der Waals surface area contributed by atoms with Gasteiger partial charge >= 0.3 is 0 Å². The molecule has 1 aromatic carbocycles. The lowest BCUT2D eigenvalue weighted by molar-refractivity contribution is -0.120. The van der Waals surface area contributed by atoms with E-state index in [1.165, 1.54) is 5.56 Å². The number of rotatable bonds is 3. The van der Waals surface area contributed by atoms with Crippen LogP contribution in [0, 0.1) is 5.92 Å². The predicted molar refractivity (Wildman–Crippen MR) is 74.8 cm³/mol. The van der Waals surface area contributed by atoms with Gasteiger partial charge in [0.05, 0.1) is 6.04 Å². The van der Waals surface area contributed by atoms with Crippen LogP contribution < -0.4 is 10.2 Å². The molecule has 2 rings (SSSR count). The fraction of sp³-hybridized carbons (Fsp3) is 0.533. The molecule has 3 nitrogen and oxygen atoms in total. The predicted octanol–water partition coefficient (Wildman–Crippen LogP) is 2.21. The summed E-state index contributed by atoms with van der Waals surface area (Å²) in [7, 11) is 1.86. The van der Waals surface area contributed by atoms with Crippen LogP contribution in [0.4, 0.5) is 5.69 Å². The van der Waals surface area contributed by atoms with E-state index in [1.54, 1.807) is 4.90 Å². The molecule has 18 heavy (non-hydrogen) atoms. The standard InChI is InChI=1S/C15H22N2O/c1-4-12-5-7-13(8-6-12)17(3)15(18)14-11(2)9-10-16-14/h5-8,11,14,16H,4,9-10H2,1-3H3. The number of nitrogens with zero attached hydrogens (tertiary/aromatic N) is 1. The Bertz CT molecular complexity index is 413. The Morgan fingerprint density at radius 1 is 1.39 bits per heavy atom. The van der Waals surface area contributed by atoms with Gasteiger partial charge in [0, 0.05) is 12.7 Å². The molecule has 1 aromatic rings. The maximum atomic E-state index is 12.4.